The minimum atomic E-state index is -0.896. The number of carbonyl (C=O) groups excluding carboxylic acids is 1. The minimum absolute atomic E-state index is 0.0724. The van der Waals surface area contributed by atoms with Crippen LogP contribution < -0.4 is 0 Å². The average molecular weight is 183 g/mol. The molecule has 2 atom stereocenters. The summed E-state index contributed by atoms with van der Waals surface area (Å²) in [7, 11) is 0. The van der Waals surface area contributed by atoms with Crippen molar-refractivity contribution in [3.63, 3.8) is 0 Å². The molecule has 1 rings (SSSR count). The van der Waals surface area contributed by atoms with Gasteiger partial charge in [-0.3, -0.25) is 9.59 Å². The van der Waals surface area contributed by atoms with Crippen LogP contribution >= 0.6 is 0 Å². The van der Waals surface area contributed by atoms with Gasteiger partial charge in [0, 0.05) is 19.0 Å². The molecule has 13 heavy (non-hydrogen) atoms. The quantitative estimate of drug-likeness (QED) is 0.648. The van der Waals surface area contributed by atoms with Gasteiger partial charge in [0.2, 0.25) is 5.91 Å². The Morgan fingerprint density at radius 1 is 1.85 bits per heavy atom. The minimum Gasteiger partial charge on any atom is -0.481 e. The number of aliphatic carboxylic acids is 1. The molecule has 1 fully saturated rings. The van der Waals surface area contributed by atoms with E-state index in [9.17, 15) is 9.59 Å². The number of nitrogens with zero attached hydrogens (tertiary/aromatic N) is 1. The Kier molecular flexibility index (Phi) is 2.70. The first-order valence-electron chi connectivity index (χ1n) is 4.21. The molecule has 1 saturated heterocycles. The summed E-state index contributed by atoms with van der Waals surface area (Å²) in [4.78, 5) is 23.5. The van der Waals surface area contributed by atoms with Crippen molar-refractivity contribution in [1.29, 1.82) is 0 Å². The van der Waals surface area contributed by atoms with E-state index >= 15 is 0 Å². The summed E-state index contributed by atoms with van der Waals surface area (Å²) in [6, 6.07) is -0.0724. The fourth-order valence-electron chi connectivity index (χ4n) is 1.42. The van der Waals surface area contributed by atoms with Gasteiger partial charge in [-0.15, -0.1) is 6.58 Å². The van der Waals surface area contributed by atoms with Gasteiger partial charge in [0.05, 0.1) is 5.92 Å². The Bertz CT molecular complexity index is 249. The zero-order valence-electron chi connectivity index (χ0n) is 7.56. The van der Waals surface area contributed by atoms with Crippen molar-refractivity contribution in [3.05, 3.63) is 12.7 Å². The summed E-state index contributed by atoms with van der Waals surface area (Å²) in [5.74, 6) is -1.54. The molecule has 1 aliphatic rings. The van der Waals surface area contributed by atoms with Gasteiger partial charge >= 0.3 is 5.97 Å². The molecule has 0 bridgehead atoms. The van der Waals surface area contributed by atoms with Gasteiger partial charge in [-0.05, 0) is 6.92 Å². The predicted octanol–water partition coefficient (Wildman–Crippen LogP) is 0.494. The highest BCUT2D eigenvalue weighted by Gasteiger charge is 2.35. The van der Waals surface area contributed by atoms with Crippen molar-refractivity contribution in [2.45, 2.75) is 19.4 Å². The SMILES string of the molecule is C=CC(C)N1CC(C(=O)O)CC1=O. The van der Waals surface area contributed by atoms with Crippen LogP contribution in [-0.4, -0.2) is 34.5 Å². The summed E-state index contributed by atoms with van der Waals surface area (Å²) < 4.78 is 0. The number of likely N-dealkylation sites (tertiary alicyclic amines) is 1. The molecule has 0 aromatic heterocycles. The lowest BCUT2D eigenvalue weighted by Gasteiger charge is -2.20. The molecule has 1 aliphatic heterocycles. The maximum atomic E-state index is 11.3. The van der Waals surface area contributed by atoms with E-state index in [-0.39, 0.29) is 18.4 Å². The van der Waals surface area contributed by atoms with Gasteiger partial charge in [0.15, 0.2) is 0 Å². The number of carboxylic acids is 1. The smallest absolute Gasteiger partial charge is 0.308 e. The highest BCUT2D eigenvalue weighted by molar-refractivity contribution is 5.86. The van der Waals surface area contributed by atoms with E-state index in [1.165, 1.54) is 0 Å². The topological polar surface area (TPSA) is 57.6 Å². The maximum absolute atomic E-state index is 11.3. The van der Waals surface area contributed by atoms with Crippen LogP contribution in [0.3, 0.4) is 0 Å². The van der Waals surface area contributed by atoms with Crippen molar-refractivity contribution in [1.82, 2.24) is 4.90 Å². The fraction of sp³-hybridized carbons (Fsp3) is 0.556. The molecule has 1 amide bonds. The van der Waals surface area contributed by atoms with E-state index in [0.717, 1.165) is 0 Å². The molecule has 72 valence electrons. The van der Waals surface area contributed by atoms with Crippen LogP contribution in [0.15, 0.2) is 12.7 Å². The first-order valence-corrected chi connectivity index (χ1v) is 4.21. The molecule has 4 nitrogen and oxygen atoms in total. The number of carbonyl (C=O) groups is 2. The fourth-order valence-corrected chi connectivity index (χ4v) is 1.42. The van der Waals surface area contributed by atoms with Crippen LogP contribution in [0.4, 0.5) is 0 Å². The van der Waals surface area contributed by atoms with Gasteiger partial charge in [-0.2, -0.15) is 0 Å². The first kappa shape index (κ1) is 9.77. The van der Waals surface area contributed by atoms with Crippen LogP contribution in [0.5, 0.6) is 0 Å². The van der Waals surface area contributed by atoms with Gasteiger partial charge < -0.3 is 10.0 Å². The van der Waals surface area contributed by atoms with Gasteiger partial charge in [0.1, 0.15) is 0 Å². The lowest BCUT2D eigenvalue weighted by atomic mass is 10.1. The number of amides is 1. The Morgan fingerprint density at radius 3 is 2.85 bits per heavy atom. The Balaban J connectivity index is 2.66. The molecule has 1 N–H and O–H groups in total. The van der Waals surface area contributed by atoms with E-state index in [1.54, 1.807) is 11.0 Å². The van der Waals surface area contributed by atoms with Crippen molar-refractivity contribution < 1.29 is 14.7 Å². The predicted molar refractivity (Wildman–Crippen MR) is 47.1 cm³/mol. The van der Waals surface area contributed by atoms with Crippen LogP contribution in [0.25, 0.3) is 0 Å². The standard InChI is InChI=1S/C9H13NO3/c1-3-6(2)10-5-7(9(12)13)4-8(10)11/h3,6-7H,1,4-5H2,2H3,(H,12,13). The highest BCUT2D eigenvalue weighted by atomic mass is 16.4. The summed E-state index contributed by atoms with van der Waals surface area (Å²) in [5, 5.41) is 8.70. The normalized spacial score (nSPS) is 24.5. The monoisotopic (exact) mass is 183 g/mol. The van der Waals surface area contributed by atoms with Gasteiger partial charge in [0.25, 0.3) is 0 Å². The second-order valence-electron chi connectivity index (χ2n) is 3.26. The van der Waals surface area contributed by atoms with E-state index < -0.39 is 11.9 Å². The number of hydrogen-bond acceptors (Lipinski definition) is 2. The second-order valence-corrected chi connectivity index (χ2v) is 3.26. The lowest BCUT2D eigenvalue weighted by molar-refractivity contribution is -0.141. The molecule has 0 aromatic rings. The largest absolute Gasteiger partial charge is 0.481 e. The molecule has 0 aromatic carbocycles. The molecule has 4 heteroatoms. The molecule has 0 aliphatic carbocycles. The van der Waals surface area contributed by atoms with E-state index in [0.29, 0.717) is 6.54 Å². The third-order valence-corrected chi connectivity index (χ3v) is 2.34. The highest BCUT2D eigenvalue weighted by Crippen LogP contribution is 2.20. The van der Waals surface area contributed by atoms with Crippen molar-refractivity contribution in [2.24, 2.45) is 5.92 Å². The van der Waals surface area contributed by atoms with E-state index in [2.05, 4.69) is 6.58 Å². The molecular formula is C9H13NO3. The van der Waals surface area contributed by atoms with Crippen molar-refractivity contribution >= 4 is 11.9 Å². The van der Waals surface area contributed by atoms with Gasteiger partial charge in [-0.1, -0.05) is 6.08 Å². The summed E-state index contributed by atoms with van der Waals surface area (Å²) in [5.41, 5.74) is 0. The van der Waals surface area contributed by atoms with Crippen molar-refractivity contribution in [3.8, 4) is 0 Å². The Hall–Kier alpha value is -1.32. The van der Waals surface area contributed by atoms with Crippen LogP contribution in [0, 0.1) is 5.92 Å². The lowest BCUT2D eigenvalue weighted by Crippen LogP contribution is -2.33. The number of hydrogen-bond donors (Lipinski definition) is 1. The summed E-state index contributed by atoms with van der Waals surface area (Å²) in [6.45, 7) is 5.70. The van der Waals surface area contributed by atoms with E-state index in [1.807, 2.05) is 6.92 Å². The van der Waals surface area contributed by atoms with Gasteiger partial charge in [-0.25, -0.2) is 0 Å². The third kappa shape index (κ3) is 1.88. The zero-order valence-corrected chi connectivity index (χ0v) is 7.56. The van der Waals surface area contributed by atoms with E-state index in [4.69, 9.17) is 5.11 Å². The summed E-state index contributed by atoms with van der Waals surface area (Å²) in [6.07, 6.45) is 1.76. The van der Waals surface area contributed by atoms with Crippen LogP contribution in [-0.2, 0) is 9.59 Å². The number of carboxylic acid groups (broad SMARTS) is 1. The second kappa shape index (κ2) is 3.60. The third-order valence-electron chi connectivity index (χ3n) is 2.34. The summed E-state index contributed by atoms with van der Waals surface area (Å²) >= 11 is 0. The van der Waals surface area contributed by atoms with Crippen LogP contribution in [0.2, 0.25) is 0 Å². The Labute approximate surface area is 76.8 Å². The maximum Gasteiger partial charge on any atom is 0.308 e. The Morgan fingerprint density at radius 2 is 2.46 bits per heavy atom. The molecule has 0 spiro atoms. The first-order chi connectivity index (χ1) is 6.06. The molecule has 2 unspecified atom stereocenters. The molecular weight excluding hydrogens is 170 g/mol. The molecule has 0 radical (unpaired) electrons. The number of rotatable bonds is 3. The molecule has 1 heterocycles. The average Bonchev–Trinajstić information content (AvgIpc) is 2.46. The zero-order chi connectivity index (χ0) is 10.0. The molecule has 0 saturated carbocycles. The van der Waals surface area contributed by atoms with Crippen molar-refractivity contribution in [2.75, 3.05) is 6.54 Å². The van der Waals surface area contributed by atoms with Crippen LogP contribution in [0.1, 0.15) is 13.3 Å².